The molecule has 1 saturated heterocycles. The molecular formula is C23H28N2O2. The molecule has 1 N–H and O–H groups in total. The Kier molecular flexibility index (Phi) is 5.73. The Bertz CT molecular complexity index is 766. The van der Waals surface area contributed by atoms with Gasteiger partial charge in [0.2, 0.25) is 0 Å². The Morgan fingerprint density at radius 1 is 1.07 bits per heavy atom. The normalized spacial score (nSPS) is 19.8. The van der Waals surface area contributed by atoms with E-state index in [1.807, 2.05) is 30.3 Å². The zero-order chi connectivity index (χ0) is 18.5. The summed E-state index contributed by atoms with van der Waals surface area (Å²) in [5.74, 6) is 1.41. The highest BCUT2D eigenvalue weighted by molar-refractivity contribution is 5.94. The summed E-state index contributed by atoms with van der Waals surface area (Å²) >= 11 is 0. The van der Waals surface area contributed by atoms with E-state index >= 15 is 0 Å². The summed E-state index contributed by atoms with van der Waals surface area (Å²) in [5.41, 5.74) is 3.26. The number of nitrogens with zero attached hydrogens (tertiary/aromatic N) is 1. The molecule has 0 spiro atoms. The van der Waals surface area contributed by atoms with Crippen LogP contribution in [0.5, 0.6) is 5.75 Å². The lowest BCUT2D eigenvalue weighted by molar-refractivity contribution is 0.0945. The van der Waals surface area contributed by atoms with Crippen LogP contribution >= 0.6 is 0 Å². The smallest absolute Gasteiger partial charge is 0.251 e. The number of ether oxygens (including phenoxy) is 1. The van der Waals surface area contributed by atoms with Gasteiger partial charge in [0.05, 0.1) is 6.61 Å². The molecule has 4 nitrogen and oxygen atoms in total. The van der Waals surface area contributed by atoms with Gasteiger partial charge < -0.3 is 10.1 Å². The lowest BCUT2D eigenvalue weighted by Gasteiger charge is -2.16. The van der Waals surface area contributed by atoms with E-state index in [9.17, 15) is 4.79 Å². The molecule has 0 radical (unpaired) electrons. The summed E-state index contributed by atoms with van der Waals surface area (Å²) in [6.45, 7) is 4.77. The highest BCUT2D eigenvalue weighted by Crippen LogP contribution is 2.26. The zero-order valence-electron chi connectivity index (χ0n) is 15.8. The Balaban J connectivity index is 1.30. The molecule has 0 aromatic heterocycles. The van der Waals surface area contributed by atoms with E-state index in [0.29, 0.717) is 19.1 Å². The van der Waals surface area contributed by atoms with Crippen molar-refractivity contribution in [2.45, 2.75) is 32.2 Å². The van der Waals surface area contributed by atoms with Crippen LogP contribution in [-0.2, 0) is 13.0 Å². The first-order valence-electron chi connectivity index (χ1n) is 10.1. The number of carbonyl (C=O) groups excluding carboxylic acids is 1. The van der Waals surface area contributed by atoms with Crippen LogP contribution < -0.4 is 10.1 Å². The van der Waals surface area contributed by atoms with E-state index in [1.165, 1.54) is 37.1 Å². The van der Waals surface area contributed by atoms with E-state index in [0.717, 1.165) is 30.7 Å². The molecule has 0 aliphatic carbocycles. The maximum Gasteiger partial charge on any atom is 0.251 e. The Morgan fingerprint density at radius 2 is 1.85 bits per heavy atom. The van der Waals surface area contributed by atoms with Crippen LogP contribution in [0.4, 0.5) is 0 Å². The summed E-state index contributed by atoms with van der Waals surface area (Å²) in [6.07, 6.45) is 4.52. The summed E-state index contributed by atoms with van der Waals surface area (Å²) in [5, 5.41) is 3.11. The number of benzene rings is 2. The second-order valence-corrected chi connectivity index (χ2v) is 7.71. The third-order valence-electron chi connectivity index (χ3n) is 5.64. The molecule has 2 aliphatic heterocycles. The minimum atomic E-state index is 0.0150. The number of para-hydroxylation sites is 1. The van der Waals surface area contributed by atoms with Gasteiger partial charge in [-0.1, -0.05) is 30.3 Å². The van der Waals surface area contributed by atoms with Crippen molar-refractivity contribution >= 4 is 5.91 Å². The van der Waals surface area contributed by atoms with Crippen molar-refractivity contribution in [3.8, 4) is 5.75 Å². The summed E-state index contributed by atoms with van der Waals surface area (Å²) < 4.78 is 5.82. The molecule has 1 amide bonds. The second kappa shape index (κ2) is 8.57. The van der Waals surface area contributed by atoms with Crippen LogP contribution in [0.25, 0.3) is 0 Å². The third-order valence-corrected chi connectivity index (χ3v) is 5.64. The van der Waals surface area contributed by atoms with Gasteiger partial charge in [0.1, 0.15) is 5.75 Å². The molecule has 2 heterocycles. The minimum Gasteiger partial charge on any atom is -0.493 e. The Labute approximate surface area is 161 Å². The lowest BCUT2D eigenvalue weighted by Crippen LogP contribution is -2.30. The standard InChI is InChI=1S/C23H28N2O2/c26-23(20-9-7-18(8-10-20)17-25-12-3-4-13-25)24-16-19-11-14-27-22-6-2-1-5-21(22)15-19/h1-2,5-10,19H,3-4,11-17H2,(H,24,26)/t19-/m1/s1. The van der Waals surface area contributed by atoms with Crippen molar-refractivity contribution in [2.24, 2.45) is 5.92 Å². The first-order valence-corrected chi connectivity index (χ1v) is 10.1. The fourth-order valence-electron chi connectivity index (χ4n) is 4.04. The van der Waals surface area contributed by atoms with Crippen LogP contribution in [0.3, 0.4) is 0 Å². The van der Waals surface area contributed by atoms with E-state index in [-0.39, 0.29) is 5.91 Å². The van der Waals surface area contributed by atoms with Crippen molar-refractivity contribution in [3.63, 3.8) is 0 Å². The maximum absolute atomic E-state index is 12.5. The zero-order valence-corrected chi connectivity index (χ0v) is 15.8. The fourth-order valence-corrected chi connectivity index (χ4v) is 4.04. The van der Waals surface area contributed by atoms with Crippen molar-refractivity contribution in [2.75, 3.05) is 26.2 Å². The Morgan fingerprint density at radius 3 is 2.67 bits per heavy atom. The summed E-state index contributed by atoms with van der Waals surface area (Å²) in [4.78, 5) is 15.0. The first-order chi connectivity index (χ1) is 13.3. The molecule has 0 saturated carbocycles. The molecule has 27 heavy (non-hydrogen) atoms. The van der Waals surface area contributed by atoms with Gasteiger partial charge in [0.25, 0.3) is 5.91 Å². The van der Waals surface area contributed by atoms with Gasteiger partial charge in [-0.05, 0) is 74.0 Å². The SMILES string of the molecule is O=C(NC[C@@H]1CCOc2ccccc2C1)c1ccc(CN2CCCC2)cc1. The van der Waals surface area contributed by atoms with E-state index in [2.05, 4.69) is 28.4 Å². The number of fused-ring (bicyclic) bond motifs is 1. The number of likely N-dealkylation sites (tertiary alicyclic amines) is 1. The average molecular weight is 364 g/mol. The summed E-state index contributed by atoms with van der Waals surface area (Å²) in [6, 6.07) is 16.3. The molecule has 2 aromatic rings. The first kappa shape index (κ1) is 18.1. The predicted molar refractivity (Wildman–Crippen MR) is 107 cm³/mol. The highest BCUT2D eigenvalue weighted by Gasteiger charge is 2.18. The quantitative estimate of drug-likeness (QED) is 0.880. The van der Waals surface area contributed by atoms with Crippen LogP contribution in [0.15, 0.2) is 48.5 Å². The van der Waals surface area contributed by atoms with Gasteiger partial charge in [-0.2, -0.15) is 0 Å². The number of nitrogens with one attached hydrogen (secondary N) is 1. The molecule has 2 aliphatic rings. The largest absolute Gasteiger partial charge is 0.493 e. The second-order valence-electron chi connectivity index (χ2n) is 7.71. The minimum absolute atomic E-state index is 0.0150. The number of amides is 1. The van der Waals surface area contributed by atoms with Crippen molar-refractivity contribution in [1.82, 2.24) is 10.2 Å². The summed E-state index contributed by atoms with van der Waals surface area (Å²) in [7, 11) is 0. The lowest BCUT2D eigenvalue weighted by atomic mass is 9.97. The van der Waals surface area contributed by atoms with Crippen LogP contribution in [-0.4, -0.2) is 37.0 Å². The van der Waals surface area contributed by atoms with E-state index < -0.39 is 0 Å². The van der Waals surface area contributed by atoms with Crippen molar-refractivity contribution in [3.05, 3.63) is 65.2 Å². The van der Waals surface area contributed by atoms with E-state index in [4.69, 9.17) is 4.74 Å². The van der Waals surface area contributed by atoms with Crippen molar-refractivity contribution in [1.29, 1.82) is 0 Å². The number of hydrogen-bond acceptors (Lipinski definition) is 3. The maximum atomic E-state index is 12.5. The Hall–Kier alpha value is -2.33. The predicted octanol–water partition coefficient (Wildman–Crippen LogP) is 3.65. The van der Waals surface area contributed by atoms with Crippen LogP contribution in [0.1, 0.15) is 40.7 Å². The van der Waals surface area contributed by atoms with Gasteiger partial charge in [0, 0.05) is 18.7 Å². The van der Waals surface area contributed by atoms with Gasteiger partial charge >= 0.3 is 0 Å². The highest BCUT2D eigenvalue weighted by atomic mass is 16.5. The molecule has 1 fully saturated rings. The van der Waals surface area contributed by atoms with Gasteiger partial charge in [-0.25, -0.2) is 0 Å². The molecule has 2 aromatic carbocycles. The van der Waals surface area contributed by atoms with Gasteiger partial charge in [0.15, 0.2) is 0 Å². The fraction of sp³-hybridized carbons (Fsp3) is 0.435. The molecule has 0 unspecified atom stereocenters. The molecular weight excluding hydrogens is 336 g/mol. The molecule has 142 valence electrons. The molecule has 1 atom stereocenters. The molecule has 4 rings (SSSR count). The number of rotatable bonds is 5. The van der Waals surface area contributed by atoms with Crippen molar-refractivity contribution < 1.29 is 9.53 Å². The molecule has 4 heteroatoms. The van der Waals surface area contributed by atoms with Gasteiger partial charge in [-0.3, -0.25) is 9.69 Å². The molecule has 0 bridgehead atoms. The van der Waals surface area contributed by atoms with E-state index in [1.54, 1.807) is 0 Å². The monoisotopic (exact) mass is 364 g/mol. The topological polar surface area (TPSA) is 41.6 Å². The van der Waals surface area contributed by atoms with Crippen LogP contribution in [0.2, 0.25) is 0 Å². The average Bonchev–Trinajstić information content (AvgIpc) is 3.11. The van der Waals surface area contributed by atoms with Crippen LogP contribution in [0, 0.1) is 5.92 Å². The van der Waals surface area contributed by atoms with Gasteiger partial charge in [-0.15, -0.1) is 0 Å². The third kappa shape index (κ3) is 4.69. The number of carbonyl (C=O) groups is 1. The number of hydrogen-bond donors (Lipinski definition) is 1.